The van der Waals surface area contributed by atoms with E-state index in [1.165, 1.54) is 0 Å². The Labute approximate surface area is 176 Å². The second kappa shape index (κ2) is 11.2. The number of carbonyl (C=O) groups is 4. The summed E-state index contributed by atoms with van der Waals surface area (Å²) < 4.78 is 10.4. The largest absolute Gasteiger partial charge is 0.493 e. The molecule has 30 heavy (non-hydrogen) atoms. The van der Waals surface area contributed by atoms with E-state index in [-0.39, 0.29) is 11.5 Å². The number of hydrogen-bond acceptors (Lipinski definition) is 6. The highest BCUT2D eigenvalue weighted by Gasteiger charge is 2.28. The Morgan fingerprint density at radius 2 is 1.70 bits per heavy atom. The molecule has 0 spiro atoms. The number of carbonyl (C=O) groups excluding carboxylic acids is 4. The van der Waals surface area contributed by atoms with Crippen LogP contribution in [-0.2, 0) is 14.3 Å². The van der Waals surface area contributed by atoms with E-state index in [9.17, 15) is 19.2 Å². The standard InChI is InChI=1S/C21H31N3O6/c1-7-29-15-11-9-8-10-14(15)18(26)23-17(13(2)3)19(27)30-12-16(25)22-20(28)24-21(4,5)6/h8-11,13,17H,7,12H2,1-6H3,(H,23,26)(H2,22,24,25,28)/t17-/m0/s1. The van der Waals surface area contributed by atoms with Crippen LogP contribution in [0.2, 0.25) is 0 Å². The molecule has 0 radical (unpaired) electrons. The first kappa shape index (κ1) is 24.9. The molecule has 0 fully saturated rings. The van der Waals surface area contributed by atoms with E-state index in [2.05, 4.69) is 16.0 Å². The van der Waals surface area contributed by atoms with Crippen LogP contribution >= 0.6 is 0 Å². The van der Waals surface area contributed by atoms with E-state index >= 15 is 0 Å². The molecule has 0 aliphatic heterocycles. The maximum absolute atomic E-state index is 12.6. The van der Waals surface area contributed by atoms with Crippen LogP contribution in [0.25, 0.3) is 0 Å². The molecule has 9 heteroatoms. The van der Waals surface area contributed by atoms with Crippen LogP contribution < -0.4 is 20.7 Å². The summed E-state index contributed by atoms with van der Waals surface area (Å²) in [6.45, 7) is 10.3. The number of amides is 4. The van der Waals surface area contributed by atoms with E-state index in [1.54, 1.807) is 65.8 Å². The molecule has 0 saturated heterocycles. The zero-order chi connectivity index (χ0) is 22.9. The molecule has 0 saturated carbocycles. The van der Waals surface area contributed by atoms with Crippen LogP contribution in [0.15, 0.2) is 24.3 Å². The maximum Gasteiger partial charge on any atom is 0.329 e. The van der Waals surface area contributed by atoms with E-state index in [0.717, 1.165) is 0 Å². The minimum Gasteiger partial charge on any atom is -0.493 e. The third-order valence-electron chi connectivity index (χ3n) is 3.73. The number of esters is 1. The molecule has 9 nitrogen and oxygen atoms in total. The van der Waals surface area contributed by atoms with Crippen LogP contribution in [0.1, 0.15) is 51.9 Å². The molecule has 1 rings (SSSR count). The fraction of sp³-hybridized carbons (Fsp3) is 0.524. The van der Waals surface area contributed by atoms with Gasteiger partial charge in [0.25, 0.3) is 11.8 Å². The summed E-state index contributed by atoms with van der Waals surface area (Å²) in [7, 11) is 0. The smallest absolute Gasteiger partial charge is 0.329 e. The number of imide groups is 1. The Morgan fingerprint density at radius 3 is 2.27 bits per heavy atom. The highest BCUT2D eigenvalue weighted by atomic mass is 16.5. The molecule has 0 aliphatic carbocycles. The number of urea groups is 1. The lowest BCUT2D eigenvalue weighted by atomic mass is 10.0. The van der Waals surface area contributed by atoms with Gasteiger partial charge in [-0.1, -0.05) is 26.0 Å². The van der Waals surface area contributed by atoms with E-state index in [4.69, 9.17) is 9.47 Å². The fourth-order valence-electron chi connectivity index (χ4n) is 2.41. The Bertz CT molecular complexity index is 770. The van der Waals surface area contributed by atoms with Gasteiger partial charge in [0.1, 0.15) is 11.8 Å². The predicted molar refractivity (Wildman–Crippen MR) is 111 cm³/mol. The molecule has 1 atom stereocenters. The topological polar surface area (TPSA) is 123 Å². The van der Waals surface area contributed by atoms with Gasteiger partial charge in [-0.05, 0) is 45.7 Å². The highest BCUT2D eigenvalue weighted by molar-refractivity contribution is 5.99. The van der Waals surface area contributed by atoms with Gasteiger partial charge in [-0.3, -0.25) is 14.9 Å². The van der Waals surface area contributed by atoms with Gasteiger partial charge < -0.3 is 20.1 Å². The van der Waals surface area contributed by atoms with Crippen molar-refractivity contribution in [2.45, 2.75) is 53.1 Å². The Morgan fingerprint density at radius 1 is 1.07 bits per heavy atom. The van der Waals surface area contributed by atoms with Crippen molar-refractivity contribution < 1.29 is 28.7 Å². The summed E-state index contributed by atoms with van der Waals surface area (Å²) in [6.07, 6.45) is 0. The van der Waals surface area contributed by atoms with E-state index in [0.29, 0.717) is 12.4 Å². The number of ether oxygens (including phenoxy) is 2. The molecule has 1 aromatic carbocycles. The van der Waals surface area contributed by atoms with Crippen molar-refractivity contribution in [3.05, 3.63) is 29.8 Å². The molecule has 0 bridgehead atoms. The molecule has 0 heterocycles. The first-order valence-electron chi connectivity index (χ1n) is 9.76. The normalized spacial score (nSPS) is 12.0. The summed E-state index contributed by atoms with van der Waals surface area (Å²) in [5, 5.41) is 7.26. The average molecular weight is 421 g/mol. The molecule has 0 aromatic heterocycles. The Kier molecular flexibility index (Phi) is 9.29. The first-order valence-corrected chi connectivity index (χ1v) is 9.76. The summed E-state index contributed by atoms with van der Waals surface area (Å²) >= 11 is 0. The second-order valence-corrected chi connectivity index (χ2v) is 7.98. The van der Waals surface area contributed by atoms with Crippen LogP contribution in [0.4, 0.5) is 4.79 Å². The average Bonchev–Trinajstić information content (AvgIpc) is 2.62. The maximum atomic E-state index is 12.6. The summed E-state index contributed by atoms with van der Waals surface area (Å²) in [5.74, 6) is -1.95. The molecule has 3 N–H and O–H groups in total. The van der Waals surface area contributed by atoms with Gasteiger partial charge >= 0.3 is 12.0 Å². The molecule has 1 aromatic rings. The molecular weight excluding hydrogens is 390 g/mol. The lowest BCUT2D eigenvalue weighted by Gasteiger charge is -2.22. The van der Waals surface area contributed by atoms with Crippen molar-refractivity contribution in [3.63, 3.8) is 0 Å². The van der Waals surface area contributed by atoms with Gasteiger partial charge in [0.15, 0.2) is 6.61 Å². The molecule has 4 amide bonds. The molecule has 0 aliphatic rings. The minimum absolute atomic E-state index is 0.286. The summed E-state index contributed by atoms with van der Waals surface area (Å²) in [4.78, 5) is 48.6. The van der Waals surface area contributed by atoms with Crippen molar-refractivity contribution in [1.29, 1.82) is 0 Å². The number of rotatable bonds is 8. The van der Waals surface area contributed by atoms with E-state index < -0.39 is 42.0 Å². The second-order valence-electron chi connectivity index (χ2n) is 7.98. The summed E-state index contributed by atoms with van der Waals surface area (Å²) in [6, 6.07) is 5.00. The third kappa shape index (κ3) is 8.50. The van der Waals surface area contributed by atoms with Crippen LogP contribution in [-0.4, -0.2) is 48.6 Å². The molecular formula is C21H31N3O6. The lowest BCUT2D eigenvalue weighted by Crippen LogP contribution is -2.50. The zero-order valence-corrected chi connectivity index (χ0v) is 18.3. The third-order valence-corrected chi connectivity index (χ3v) is 3.73. The van der Waals surface area contributed by atoms with Gasteiger partial charge in [-0.25, -0.2) is 9.59 Å². The SMILES string of the molecule is CCOc1ccccc1C(=O)N[C@H](C(=O)OCC(=O)NC(=O)NC(C)(C)C)C(C)C. The van der Waals surface area contributed by atoms with Crippen molar-refractivity contribution in [3.8, 4) is 5.75 Å². The Balaban J connectivity index is 2.70. The van der Waals surface area contributed by atoms with Crippen molar-refractivity contribution in [1.82, 2.24) is 16.0 Å². The van der Waals surface area contributed by atoms with Gasteiger partial charge in [0, 0.05) is 5.54 Å². The minimum atomic E-state index is -0.983. The highest BCUT2D eigenvalue weighted by Crippen LogP contribution is 2.18. The number of para-hydroxylation sites is 1. The number of hydrogen-bond donors (Lipinski definition) is 3. The predicted octanol–water partition coefficient (Wildman–Crippen LogP) is 2.01. The number of nitrogens with one attached hydrogen (secondary N) is 3. The summed E-state index contributed by atoms with van der Waals surface area (Å²) in [5.41, 5.74) is -0.236. The van der Waals surface area contributed by atoms with Crippen LogP contribution in [0.3, 0.4) is 0 Å². The van der Waals surface area contributed by atoms with Crippen LogP contribution in [0.5, 0.6) is 5.75 Å². The first-order chi connectivity index (χ1) is 13.9. The number of benzene rings is 1. The van der Waals surface area contributed by atoms with E-state index in [1.807, 2.05) is 0 Å². The molecule has 0 unspecified atom stereocenters. The van der Waals surface area contributed by atoms with Crippen molar-refractivity contribution in [2.24, 2.45) is 5.92 Å². The van der Waals surface area contributed by atoms with Gasteiger partial charge in [-0.15, -0.1) is 0 Å². The van der Waals surface area contributed by atoms with Gasteiger partial charge in [0.05, 0.1) is 12.2 Å². The monoisotopic (exact) mass is 421 g/mol. The van der Waals surface area contributed by atoms with Crippen LogP contribution in [0, 0.1) is 5.92 Å². The fourth-order valence-corrected chi connectivity index (χ4v) is 2.41. The zero-order valence-electron chi connectivity index (χ0n) is 18.3. The van der Waals surface area contributed by atoms with Crippen molar-refractivity contribution >= 4 is 23.8 Å². The van der Waals surface area contributed by atoms with Gasteiger partial charge in [-0.2, -0.15) is 0 Å². The Hall–Kier alpha value is -3.10. The molecule has 166 valence electrons. The van der Waals surface area contributed by atoms with Crippen molar-refractivity contribution in [2.75, 3.05) is 13.2 Å². The lowest BCUT2D eigenvalue weighted by molar-refractivity contribution is -0.151. The van der Waals surface area contributed by atoms with Gasteiger partial charge in [0.2, 0.25) is 0 Å². The quantitative estimate of drug-likeness (QED) is 0.552.